The Hall–Kier alpha value is -2.18. The van der Waals surface area contributed by atoms with E-state index in [0.717, 1.165) is 18.7 Å². The first-order valence-corrected chi connectivity index (χ1v) is 8.37. The molecule has 2 aromatic heterocycles. The average molecular weight is 317 g/mol. The highest BCUT2D eigenvalue weighted by atomic mass is 16.5. The fourth-order valence-electron chi connectivity index (χ4n) is 3.08. The zero-order valence-electron chi connectivity index (χ0n) is 13.4. The Morgan fingerprint density at radius 1 is 1.48 bits per heavy atom. The van der Waals surface area contributed by atoms with Gasteiger partial charge in [0.15, 0.2) is 5.82 Å². The molecule has 0 aliphatic heterocycles. The van der Waals surface area contributed by atoms with Crippen molar-refractivity contribution in [3.63, 3.8) is 0 Å². The van der Waals surface area contributed by atoms with Gasteiger partial charge in [-0.25, -0.2) is 0 Å². The van der Waals surface area contributed by atoms with Gasteiger partial charge >= 0.3 is 0 Å². The van der Waals surface area contributed by atoms with E-state index in [1.165, 1.54) is 12.8 Å². The van der Waals surface area contributed by atoms with Crippen LogP contribution in [0.2, 0.25) is 0 Å². The zero-order chi connectivity index (χ0) is 16.1. The van der Waals surface area contributed by atoms with Crippen molar-refractivity contribution >= 4 is 5.91 Å². The maximum atomic E-state index is 12.2. The lowest BCUT2D eigenvalue weighted by atomic mass is 10.1. The fourth-order valence-corrected chi connectivity index (χ4v) is 3.08. The summed E-state index contributed by atoms with van der Waals surface area (Å²) in [6.45, 7) is 2.47. The van der Waals surface area contributed by atoms with Crippen LogP contribution < -0.4 is 5.32 Å². The number of rotatable bonds is 7. The van der Waals surface area contributed by atoms with Gasteiger partial charge in [0.05, 0.1) is 0 Å². The number of hydrogen-bond donors (Lipinski definition) is 1. The van der Waals surface area contributed by atoms with Crippen LogP contribution in [-0.4, -0.2) is 32.4 Å². The van der Waals surface area contributed by atoms with Crippen molar-refractivity contribution in [2.45, 2.75) is 57.4 Å². The molecule has 1 aliphatic carbocycles. The van der Waals surface area contributed by atoms with E-state index in [1.807, 2.05) is 13.0 Å². The van der Waals surface area contributed by atoms with Crippen LogP contribution in [0, 0.1) is 0 Å². The van der Waals surface area contributed by atoms with Gasteiger partial charge in [-0.3, -0.25) is 9.48 Å². The highest BCUT2D eigenvalue weighted by Crippen LogP contribution is 2.32. The van der Waals surface area contributed by atoms with E-state index < -0.39 is 0 Å². The van der Waals surface area contributed by atoms with Crippen molar-refractivity contribution in [1.82, 2.24) is 25.2 Å². The number of hydrogen-bond acceptors (Lipinski definition) is 5. The summed E-state index contributed by atoms with van der Waals surface area (Å²) in [6, 6.07) is 1.55. The topological polar surface area (TPSA) is 85.8 Å². The summed E-state index contributed by atoms with van der Waals surface area (Å²) in [4.78, 5) is 16.7. The highest BCUT2D eigenvalue weighted by molar-refractivity contribution is 5.80. The summed E-state index contributed by atoms with van der Waals surface area (Å²) >= 11 is 0. The van der Waals surface area contributed by atoms with Crippen molar-refractivity contribution in [3.05, 3.63) is 30.2 Å². The summed E-state index contributed by atoms with van der Waals surface area (Å²) in [5, 5.41) is 11.1. The molecule has 3 rings (SSSR count). The molecular weight excluding hydrogens is 294 g/mol. The number of carbonyl (C=O) groups excluding carboxylic acids is 1. The smallest absolute Gasteiger partial charge is 0.244 e. The first-order chi connectivity index (χ1) is 11.3. The largest absolute Gasteiger partial charge is 0.354 e. The normalized spacial score (nSPS) is 16.6. The SMILES string of the molecule is CCC(C(=O)NCCc1noc(C2CCCC2)n1)n1cccn1. The van der Waals surface area contributed by atoms with Gasteiger partial charge < -0.3 is 9.84 Å². The summed E-state index contributed by atoms with van der Waals surface area (Å²) in [7, 11) is 0. The minimum atomic E-state index is -0.274. The second-order valence-electron chi connectivity index (χ2n) is 5.98. The van der Waals surface area contributed by atoms with E-state index in [2.05, 4.69) is 20.6 Å². The van der Waals surface area contributed by atoms with Crippen molar-refractivity contribution < 1.29 is 9.32 Å². The average Bonchev–Trinajstić information content (AvgIpc) is 3.30. The monoisotopic (exact) mass is 317 g/mol. The molecule has 1 saturated carbocycles. The lowest BCUT2D eigenvalue weighted by Gasteiger charge is -2.15. The Labute approximate surface area is 135 Å². The molecule has 1 amide bonds. The van der Waals surface area contributed by atoms with Gasteiger partial charge in [-0.2, -0.15) is 10.1 Å². The van der Waals surface area contributed by atoms with Crippen LogP contribution in [0.1, 0.15) is 62.7 Å². The van der Waals surface area contributed by atoms with Gasteiger partial charge in [-0.1, -0.05) is 24.9 Å². The van der Waals surface area contributed by atoms with Crippen molar-refractivity contribution in [2.24, 2.45) is 0 Å². The molecule has 2 aromatic rings. The quantitative estimate of drug-likeness (QED) is 0.846. The van der Waals surface area contributed by atoms with Gasteiger partial charge in [0, 0.05) is 31.3 Å². The molecule has 1 N–H and O–H groups in total. The highest BCUT2D eigenvalue weighted by Gasteiger charge is 2.23. The molecule has 1 fully saturated rings. The molecule has 7 heteroatoms. The van der Waals surface area contributed by atoms with Gasteiger partial charge in [-0.15, -0.1) is 0 Å². The second kappa shape index (κ2) is 7.39. The first kappa shape index (κ1) is 15.7. The lowest BCUT2D eigenvalue weighted by molar-refractivity contribution is -0.124. The van der Waals surface area contributed by atoms with Gasteiger partial charge in [0.25, 0.3) is 0 Å². The van der Waals surface area contributed by atoms with E-state index in [9.17, 15) is 4.79 Å². The molecule has 1 unspecified atom stereocenters. The molecular formula is C16H23N5O2. The Morgan fingerprint density at radius 3 is 3.00 bits per heavy atom. The summed E-state index contributed by atoms with van der Waals surface area (Å²) < 4.78 is 7.03. The Balaban J connectivity index is 1.48. The summed E-state index contributed by atoms with van der Waals surface area (Å²) in [6.07, 6.45) is 9.52. The number of carbonyl (C=O) groups is 1. The van der Waals surface area contributed by atoms with E-state index in [0.29, 0.717) is 31.1 Å². The summed E-state index contributed by atoms with van der Waals surface area (Å²) in [5.41, 5.74) is 0. The third-order valence-electron chi connectivity index (χ3n) is 4.37. The van der Waals surface area contributed by atoms with Gasteiger partial charge in [0.2, 0.25) is 11.8 Å². The van der Waals surface area contributed by atoms with Crippen LogP contribution in [0.5, 0.6) is 0 Å². The number of aromatic nitrogens is 4. The van der Waals surface area contributed by atoms with E-state index in [1.54, 1.807) is 17.1 Å². The molecule has 124 valence electrons. The van der Waals surface area contributed by atoms with Crippen LogP contribution in [0.4, 0.5) is 0 Å². The third-order valence-corrected chi connectivity index (χ3v) is 4.37. The minimum absolute atomic E-state index is 0.0317. The molecule has 0 saturated heterocycles. The van der Waals surface area contributed by atoms with Crippen molar-refractivity contribution in [2.75, 3.05) is 6.54 Å². The maximum absolute atomic E-state index is 12.2. The van der Waals surface area contributed by atoms with Crippen LogP contribution >= 0.6 is 0 Å². The first-order valence-electron chi connectivity index (χ1n) is 8.37. The van der Waals surface area contributed by atoms with E-state index in [-0.39, 0.29) is 11.9 Å². The standard InChI is InChI=1S/C16H23N5O2/c1-2-13(21-11-5-9-18-21)15(22)17-10-8-14-19-16(23-20-14)12-6-3-4-7-12/h5,9,11-13H,2-4,6-8,10H2,1H3,(H,17,22). The van der Waals surface area contributed by atoms with Crippen LogP contribution in [0.3, 0.4) is 0 Å². The second-order valence-corrected chi connectivity index (χ2v) is 5.98. The molecule has 2 heterocycles. The fraction of sp³-hybridized carbons (Fsp3) is 0.625. The molecule has 7 nitrogen and oxygen atoms in total. The molecule has 23 heavy (non-hydrogen) atoms. The molecule has 0 radical (unpaired) electrons. The van der Waals surface area contributed by atoms with E-state index >= 15 is 0 Å². The number of amides is 1. The summed E-state index contributed by atoms with van der Waals surface area (Å²) in [5.74, 6) is 1.82. The molecule has 0 aromatic carbocycles. The van der Waals surface area contributed by atoms with Crippen molar-refractivity contribution in [1.29, 1.82) is 0 Å². The predicted molar refractivity (Wildman–Crippen MR) is 83.8 cm³/mol. The van der Waals surface area contributed by atoms with Crippen LogP contribution in [0.25, 0.3) is 0 Å². The van der Waals surface area contributed by atoms with Crippen LogP contribution in [-0.2, 0) is 11.2 Å². The molecule has 1 aliphatic rings. The Morgan fingerprint density at radius 2 is 2.30 bits per heavy atom. The van der Waals surface area contributed by atoms with Crippen molar-refractivity contribution in [3.8, 4) is 0 Å². The predicted octanol–water partition coefficient (Wildman–Crippen LogP) is 2.23. The lowest BCUT2D eigenvalue weighted by Crippen LogP contribution is -2.34. The maximum Gasteiger partial charge on any atom is 0.244 e. The Kier molecular flexibility index (Phi) is 5.05. The Bertz CT molecular complexity index is 616. The van der Waals surface area contributed by atoms with E-state index in [4.69, 9.17) is 4.52 Å². The molecule has 1 atom stereocenters. The molecule has 0 bridgehead atoms. The third kappa shape index (κ3) is 3.78. The molecule has 0 spiro atoms. The van der Waals surface area contributed by atoms with Gasteiger partial charge in [-0.05, 0) is 25.3 Å². The minimum Gasteiger partial charge on any atom is -0.354 e. The zero-order valence-corrected chi connectivity index (χ0v) is 13.4. The number of nitrogens with one attached hydrogen (secondary N) is 1. The number of nitrogens with zero attached hydrogens (tertiary/aromatic N) is 4. The van der Waals surface area contributed by atoms with Gasteiger partial charge in [0.1, 0.15) is 6.04 Å². The van der Waals surface area contributed by atoms with Crippen LogP contribution in [0.15, 0.2) is 23.0 Å².